The number of H-pyrrole nitrogens is 1. The number of hydrogen-bond donors (Lipinski definition) is 5. The van der Waals surface area contributed by atoms with Crippen molar-refractivity contribution in [2.45, 2.75) is 39.3 Å². The fourth-order valence-corrected chi connectivity index (χ4v) is 5.24. The summed E-state index contributed by atoms with van der Waals surface area (Å²) in [5.74, 6) is -0.536. The van der Waals surface area contributed by atoms with Crippen LogP contribution in [0.2, 0.25) is 0 Å². The zero-order chi connectivity index (χ0) is 24.7. The lowest BCUT2D eigenvalue weighted by Gasteiger charge is -2.24. The van der Waals surface area contributed by atoms with Gasteiger partial charge in [-0.05, 0) is 29.5 Å². The molecule has 0 bridgehead atoms. The van der Waals surface area contributed by atoms with E-state index in [0.717, 1.165) is 22.0 Å². The zero-order valence-corrected chi connectivity index (χ0v) is 20.9. The highest BCUT2D eigenvalue weighted by Gasteiger charge is 2.28. The molecule has 8 heteroatoms. The summed E-state index contributed by atoms with van der Waals surface area (Å²) < 4.78 is 16.1. The summed E-state index contributed by atoms with van der Waals surface area (Å²) in [6, 6.07) is 16.8. The number of aromatic nitrogens is 1. The number of aromatic amines is 1. The van der Waals surface area contributed by atoms with Crippen molar-refractivity contribution in [3.8, 4) is 0 Å². The molecule has 2 aromatic carbocycles. The molecule has 0 saturated carbocycles. The molecule has 7 nitrogen and oxygen atoms in total. The number of benzene rings is 2. The Kier molecular flexibility index (Phi) is 8.50. The molecule has 0 saturated heterocycles. The third-order valence-corrected chi connectivity index (χ3v) is 6.77. The number of carbonyl (C=O) groups excluding carboxylic acids is 2. The predicted molar refractivity (Wildman–Crippen MR) is 139 cm³/mol. The minimum Gasteiger partial charge on any atom is -0.361 e. The van der Waals surface area contributed by atoms with E-state index in [4.69, 9.17) is 9.56 Å². The van der Waals surface area contributed by atoms with Gasteiger partial charge in [-0.2, -0.15) is 0 Å². The van der Waals surface area contributed by atoms with Gasteiger partial charge in [0, 0.05) is 48.0 Å². The van der Waals surface area contributed by atoms with Crippen molar-refractivity contribution < 1.29 is 9.59 Å². The third kappa shape index (κ3) is 7.45. The van der Waals surface area contributed by atoms with Crippen molar-refractivity contribution >= 4 is 32.3 Å². The number of fused-ring (bicyclic) bond motifs is 1. The lowest BCUT2D eigenvalue weighted by molar-refractivity contribution is -0.131. The van der Waals surface area contributed by atoms with E-state index in [-0.39, 0.29) is 23.5 Å². The summed E-state index contributed by atoms with van der Waals surface area (Å²) in [6.07, 6.45) is 4.38. The molecule has 2 amide bonds. The Morgan fingerprint density at radius 2 is 1.68 bits per heavy atom. The monoisotopic (exact) mass is 481 g/mol. The summed E-state index contributed by atoms with van der Waals surface area (Å²) in [7, 11) is -2.36. The maximum absolute atomic E-state index is 13.3. The van der Waals surface area contributed by atoms with Gasteiger partial charge in [-0.25, -0.2) is 0 Å². The molecule has 5 N–H and O–H groups in total. The lowest BCUT2D eigenvalue weighted by atomic mass is 9.97. The van der Waals surface area contributed by atoms with Crippen LogP contribution in [0.25, 0.3) is 10.9 Å². The van der Waals surface area contributed by atoms with Gasteiger partial charge in [-0.1, -0.05) is 72.0 Å². The van der Waals surface area contributed by atoms with E-state index in [2.05, 4.69) is 15.6 Å². The van der Waals surface area contributed by atoms with Crippen molar-refractivity contribution in [2.75, 3.05) is 12.0 Å². The Bertz CT molecular complexity index is 1220. The van der Waals surface area contributed by atoms with Crippen molar-refractivity contribution in [2.24, 2.45) is 11.8 Å². The number of hydrogen-bond acceptors (Lipinski definition) is 4. The Balaban J connectivity index is 1.82. The van der Waals surface area contributed by atoms with Crippen LogP contribution in [-0.4, -0.2) is 34.8 Å². The van der Waals surface area contributed by atoms with Gasteiger partial charge < -0.3 is 15.6 Å². The molecule has 0 aliphatic carbocycles. The number of para-hydroxylation sites is 1. The van der Waals surface area contributed by atoms with E-state index >= 15 is 0 Å². The van der Waals surface area contributed by atoms with Crippen LogP contribution in [0.5, 0.6) is 0 Å². The van der Waals surface area contributed by atoms with E-state index < -0.39 is 21.6 Å². The van der Waals surface area contributed by atoms with Crippen molar-refractivity contribution in [1.82, 2.24) is 15.6 Å². The second-order valence-electron chi connectivity index (χ2n) is 9.41. The fourth-order valence-electron chi connectivity index (χ4n) is 4.15. The molecule has 1 aromatic heterocycles. The van der Waals surface area contributed by atoms with Crippen LogP contribution >= 0.6 is 0 Å². The molecule has 3 aromatic rings. The van der Waals surface area contributed by atoms with Gasteiger partial charge in [0.2, 0.25) is 11.8 Å². The number of rotatable bonds is 11. The molecule has 0 aliphatic heterocycles. The topological polar surface area (TPSA) is 122 Å². The van der Waals surface area contributed by atoms with Crippen molar-refractivity contribution in [3.63, 3.8) is 0 Å². The van der Waals surface area contributed by atoms with E-state index in [1.165, 1.54) is 0 Å². The van der Waals surface area contributed by atoms with Crippen molar-refractivity contribution in [3.05, 3.63) is 71.9 Å². The van der Waals surface area contributed by atoms with Gasteiger partial charge in [0.05, 0.1) is 0 Å². The Morgan fingerprint density at radius 3 is 2.35 bits per heavy atom. The first kappa shape index (κ1) is 25.5. The Hall–Kier alpha value is -3.13. The zero-order valence-electron chi connectivity index (χ0n) is 20.1. The summed E-state index contributed by atoms with van der Waals surface area (Å²) in [6.45, 7) is 4.42. The van der Waals surface area contributed by atoms with E-state index in [1.54, 1.807) is 6.26 Å². The first-order valence-corrected chi connectivity index (χ1v) is 13.8. The maximum atomic E-state index is 13.3. The average Bonchev–Trinajstić information content (AvgIpc) is 3.19. The maximum Gasteiger partial charge on any atom is 0.243 e. The molecular weight excluding hydrogens is 446 g/mol. The molecule has 0 aliphatic rings. The van der Waals surface area contributed by atoms with Crippen LogP contribution in [0.15, 0.2) is 60.8 Å². The molecule has 0 radical (unpaired) electrons. The summed E-state index contributed by atoms with van der Waals surface area (Å²) in [5.41, 5.74) is 2.91. The average molecular weight is 482 g/mol. The molecule has 34 heavy (non-hydrogen) atoms. The fraction of sp³-hybridized carbons (Fsp3) is 0.385. The van der Waals surface area contributed by atoms with Crippen LogP contribution in [0.1, 0.15) is 31.4 Å². The lowest BCUT2D eigenvalue weighted by Crippen LogP contribution is -2.50. The molecule has 0 fully saturated rings. The van der Waals surface area contributed by atoms with E-state index in [1.807, 2.05) is 74.6 Å². The quantitative estimate of drug-likeness (QED) is 0.277. The van der Waals surface area contributed by atoms with Gasteiger partial charge in [0.15, 0.2) is 0 Å². The highest BCUT2D eigenvalue weighted by atomic mass is 32.2. The Labute approximate surface area is 202 Å². The van der Waals surface area contributed by atoms with Gasteiger partial charge in [-0.3, -0.25) is 19.1 Å². The van der Waals surface area contributed by atoms with Gasteiger partial charge in [0.25, 0.3) is 0 Å². The second kappa shape index (κ2) is 11.3. The first-order valence-electron chi connectivity index (χ1n) is 11.5. The first-order chi connectivity index (χ1) is 16.1. The summed E-state index contributed by atoms with van der Waals surface area (Å²) >= 11 is 0. The summed E-state index contributed by atoms with van der Waals surface area (Å²) in [4.78, 5) is 29.8. The van der Waals surface area contributed by atoms with Crippen molar-refractivity contribution in [1.29, 1.82) is 9.56 Å². The van der Waals surface area contributed by atoms with Crippen LogP contribution in [0.4, 0.5) is 0 Å². The predicted octanol–water partition coefficient (Wildman–Crippen LogP) is 4.48. The molecule has 1 heterocycles. The number of amides is 2. The smallest absolute Gasteiger partial charge is 0.243 e. The third-order valence-electron chi connectivity index (χ3n) is 5.70. The molecule has 2 atom stereocenters. The van der Waals surface area contributed by atoms with E-state index in [9.17, 15) is 9.59 Å². The second-order valence-corrected chi connectivity index (χ2v) is 11.9. The highest BCUT2D eigenvalue weighted by Crippen LogP contribution is 2.20. The van der Waals surface area contributed by atoms with E-state index in [0.29, 0.717) is 19.4 Å². The molecular formula is C26H35N5O2S. The summed E-state index contributed by atoms with van der Waals surface area (Å²) in [5, 5.41) is 6.95. The molecule has 182 valence electrons. The van der Waals surface area contributed by atoms with Gasteiger partial charge in [0.1, 0.15) is 6.04 Å². The minimum atomic E-state index is -2.36. The molecule has 0 unspecified atom stereocenters. The van der Waals surface area contributed by atoms with Crippen LogP contribution in [0, 0.1) is 21.4 Å². The SMILES string of the molecule is CC(C)C[C@H](CS(C)(=N)=N)C(=O)N[C@@H](Cc1c[nH]c2ccccc12)C(=O)NCc1ccccc1. The largest absolute Gasteiger partial charge is 0.361 e. The number of nitrogens with one attached hydrogen (secondary N) is 5. The number of carbonyl (C=O) groups is 2. The normalized spacial score (nSPS) is 13.5. The minimum absolute atomic E-state index is 0.197. The Morgan fingerprint density at radius 1 is 1.00 bits per heavy atom. The molecule has 0 spiro atoms. The standard InChI is InChI=1S/C26H35N5O2S/c1-18(2)13-21(17-34(3,27)28)25(32)31-24(26(33)30-15-19-9-5-4-6-10-19)14-20-16-29-23-12-8-7-11-22(20)23/h4-12,16,18,21,24,27-29H,13-15,17H2,1-3H3,(H,30,33)(H,31,32)/t21-,24+/m1/s1. The van der Waals surface area contributed by atoms with Crippen LogP contribution in [0.3, 0.4) is 0 Å². The molecule has 3 rings (SSSR count). The van der Waals surface area contributed by atoms with Gasteiger partial charge in [-0.15, -0.1) is 0 Å². The van der Waals surface area contributed by atoms with Crippen LogP contribution < -0.4 is 10.6 Å². The van der Waals surface area contributed by atoms with Gasteiger partial charge >= 0.3 is 0 Å². The highest BCUT2D eigenvalue weighted by molar-refractivity contribution is 7.92. The van der Waals surface area contributed by atoms with Crippen LogP contribution in [-0.2, 0) is 32.2 Å².